The lowest BCUT2D eigenvalue weighted by Crippen LogP contribution is -2.14. The maximum Gasteiger partial charge on any atom is 0.258 e. The molecule has 1 N–H and O–H groups in total. The van der Waals surface area contributed by atoms with E-state index in [2.05, 4.69) is 19.7 Å². The predicted molar refractivity (Wildman–Crippen MR) is 145 cm³/mol. The van der Waals surface area contributed by atoms with Crippen LogP contribution in [0.4, 0.5) is 0 Å². The molecule has 0 aliphatic rings. The second-order valence-corrected chi connectivity index (χ2v) is 9.08. The first-order valence-electron chi connectivity index (χ1n) is 10.5. The van der Waals surface area contributed by atoms with Gasteiger partial charge in [-0.25, -0.2) is 0 Å². The van der Waals surface area contributed by atoms with E-state index in [1.54, 1.807) is 48.5 Å². The van der Waals surface area contributed by atoms with Crippen molar-refractivity contribution < 1.29 is 9.46 Å². The van der Waals surface area contributed by atoms with Crippen LogP contribution in [0.2, 0.25) is 0 Å². The molecule has 0 heterocycles. The van der Waals surface area contributed by atoms with Crippen LogP contribution < -0.4 is 10.6 Å². The molecule has 3 heteroatoms. The minimum Gasteiger partial charge on any atom is -0.338 e. The monoisotopic (exact) mass is 452 g/mol. The molecule has 0 aromatic heterocycles. The summed E-state index contributed by atoms with van der Waals surface area (Å²) in [5.41, 5.74) is 3.45. The van der Waals surface area contributed by atoms with Crippen LogP contribution in [0.1, 0.15) is 16.7 Å². The Labute approximate surface area is 197 Å². The van der Waals surface area contributed by atoms with Gasteiger partial charge >= 0.3 is 0 Å². The van der Waals surface area contributed by atoms with E-state index in [-0.39, 0.29) is 0 Å². The van der Waals surface area contributed by atoms with E-state index < -0.39 is 7.37 Å². The molecule has 0 radical (unpaired) electrons. The summed E-state index contributed by atoms with van der Waals surface area (Å²) in [6.07, 6.45) is 5.49. The Morgan fingerprint density at radius 2 is 0.848 bits per heavy atom. The topological polar surface area (TPSA) is 37.3 Å². The molecule has 0 bridgehead atoms. The maximum absolute atomic E-state index is 12.2. The first-order valence-corrected chi connectivity index (χ1v) is 12.1. The largest absolute Gasteiger partial charge is 0.338 e. The third-order valence-electron chi connectivity index (χ3n) is 4.68. The van der Waals surface area contributed by atoms with Gasteiger partial charge < -0.3 is 4.89 Å². The zero-order valence-corrected chi connectivity index (χ0v) is 19.5. The average molecular weight is 453 g/mol. The molecule has 0 amide bonds. The van der Waals surface area contributed by atoms with Crippen LogP contribution in [0.3, 0.4) is 0 Å². The van der Waals surface area contributed by atoms with Gasteiger partial charge in [-0.05, 0) is 41.0 Å². The van der Waals surface area contributed by atoms with E-state index in [9.17, 15) is 9.46 Å². The van der Waals surface area contributed by atoms with Gasteiger partial charge in [0.15, 0.2) is 0 Å². The van der Waals surface area contributed by atoms with Gasteiger partial charge in [0.1, 0.15) is 0 Å². The lowest BCUT2D eigenvalue weighted by atomic mass is 10.1. The molecule has 4 rings (SSSR count). The molecule has 0 atom stereocenters. The molecule has 2 nitrogen and oxygen atoms in total. The first-order chi connectivity index (χ1) is 16.0. The van der Waals surface area contributed by atoms with E-state index in [0.717, 1.165) is 11.1 Å². The molecule has 0 saturated carbocycles. The zero-order valence-electron chi connectivity index (χ0n) is 18.6. The molecule has 0 spiro atoms. The Hall–Kier alpha value is -3.71. The Morgan fingerprint density at radius 3 is 1.15 bits per heavy atom. The van der Waals surface area contributed by atoms with Crippen molar-refractivity contribution in [1.29, 1.82) is 0 Å². The molecule has 4 aromatic rings. The molecule has 0 aliphatic carbocycles. The minimum absolute atomic E-state index is 0.469. The molecule has 0 aliphatic heterocycles. The van der Waals surface area contributed by atoms with Crippen molar-refractivity contribution in [2.24, 2.45) is 0 Å². The highest BCUT2D eigenvalue weighted by Gasteiger charge is 2.22. The van der Waals surface area contributed by atoms with Crippen molar-refractivity contribution in [3.63, 3.8) is 0 Å². The van der Waals surface area contributed by atoms with Crippen molar-refractivity contribution in [1.82, 2.24) is 0 Å². The van der Waals surface area contributed by atoms with Gasteiger partial charge in [-0.15, -0.1) is 0 Å². The Bertz CT molecular complexity index is 1110. The van der Waals surface area contributed by atoms with E-state index in [1.807, 2.05) is 85.0 Å². The fraction of sp³-hybridized carbons (Fsp3) is 0. The maximum atomic E-state index is 12.2. The molecular weight excluding hydrogens is 423 g/mol. The van der Waals surface area contributed by atoms with Crippen molar-refractivity contribution >= 4 is 36.2 Å². The summed E-state index contributed by atoms with van der Waals surface area (Å²) in [7, 11) is -3.40. The van der Waals surface area contributed by atoms with Gasteiger partial charge in [0, 0.05) is 10.6 Å². The normalized spacial score (nSPS) is 9.85. The van der Waals surface area contributed by atoms with Crippen molar-refractivity contribution in [3.8, 4) is 0 Å². The third-order valence-corrected chi connectivity index (χ3v) is 6.68. The smallest absolute Gasteiger partial charge is 0.258 e. The lowest BCUT2D eigenvalue weighted by Gasteiger charge is -2.11. The van der Waals surface area contributed by atoms with Crippen LogP contribution in [-0.2, 0) is 4.57 Å². The van der Waals surface area contributed by atoms with Crippen LogP contribution in [0.5, 0.6) is 0 Å². The van der Waals surface area contributed by atoms with Crippen LogP contribution in [-0.4, -0.2) is 4.89 Å². The first kappa shape index (κ1) is 25.5. The summed E-state index contributed by atoms with van der Waals surface area (Å²) < 4.78 is 12.2. The molecule has 0 fully saturated rings. The van der Waals surface area contributed by atoms with Crippen LogP contribution in [0.15, 0.2) is 135 Å². The Kier molecular flexibility index (Phi) is 10.6. The Morgan fingerprint density at radius 1 is 0.515 bits per heavy atom. The number of benzene rings is 4. The fourth-order valence-electron chi connectivity index (χ4n) is 2.88. The number of hydrogen-bond donors (Lipinski definition) is 1. The van der Waals surface area contributed by atoms with Crippen molar-refractivity contribution in [2.75, 3.05) is 0 Å². The minimum atomic E-state index is -3.40. The summed E-state index contributed by atoms with van der Waals surface area (Å²) in [6, 6.07) is 35.5. The third kappa shape index (κ3) is 8.05. The van der Waals surface area contributed by atoms with E-state index >= 15 is 0 Å². The number of rotatable bonds is 5. The molecular formula is C30H29O2P. The van der Waals surface area contributed by atoms with Crippen LogP contribution >= 0.6 is 7.37 Å². The van der Waals surface area contributed by atoms with E-state index in [0.29, 0.717) is 10.6 Å². The van der Waals surface area contributed by atoms with E-state index in [1.165, 1.54) is 5.56 Å². The zero-order chi connectivity index (χ0) is 23.9. The van der Waals surface area contributed by atoms with Gasteiger partial charge in [0.05, 0.1) is 0 Å². The quantitative estimate of drug-likeness (QED) is 0.325. The summed E-state index contributed by atoms with van der Waals surface area (Å²) in [4.78, 5) is 10.0. The van der Waals surface area contributed by atoms with Crippen molar-refractivity contribution in [3.05, 3.63) is 152 Å². The molecule has 0 unspecified atom stereocenters. The highest BCUT2D eigenvalue weighted by atomic mass is 31.2. The van der Waals surface area contributed by atoms with Gasteiger partial charge in [-0.2, -0.15) is 0 Å². The number of hydrogen-bond acceptors (Lipinski definition) is 1. The van der Waals surface area contributed by atoms with Gasteiger partial charge in [0.2, 0.25) is 0 Å². The SMILES string of the molecule is C=Cc1ccccc1.C=Cc1ccccc1C=C.O=P(O)(c1ccccc1)c1ccccc1. The molecule has 166 valence electrons. The fourth-order valence-corrected chi connectivity index (χ4v) is 4.33. The van der Waals surface area contributed by atoms with Gasteiger partial charge in [-0.1, -0.05) is 129 Å². The summed E-state index contributed by atoms with van der Waals surface area (Å²) in [5.74, 6) is 0. The highest BCUT2D eigenvalue weighted by Crippen LogP contribution is 2.37. The van der Waals surface area contributed by atoms with Crippen molar-refractivity contribution in [2.45, 2.75) is 0 Å². The summed E-state index contributed by atoms with van der Waals surface area (Å²) in [5, 5.41) is 0.937. The van der Waals surface area contributed by atoms with E-state index in [4.69, 9.17) is 0 Å². The van der Waals surface area contributed by atoms with Gasteiger partial charge in [0.25, 0.3) is 7.37 Å². The van der Waals surface area contributed by atoms with Crippen LogP contribution in [0.25, 0.3) is 18.2 Å². The average Bonchev–Trinajstić information content (AvgIpc) is 2.91. The molecule has 0 saturated heterocycles. The predicted octanol–water partition coefficient (Wildman–Crippen LogP) is 7.21. The Balaban J connectivity index is 0.000000186. The highest BCUT2D eigenvalue weighted by molar-refractivity contribution is 7.73. The molecule has 33 heavy (non-hydrogen) atoms. The van der Waals surface area contributed by atoms with Gasteiger partial charge in [-0.3, -0.25) is 4.57 Å². The van der Waals surface area contributed by atoms with Crippen LogP contribution in [0, 0.1) is 0 Å². The summed E-state index contributed by atoms with van der Waals surface area (Å²) >= 11 is 0. The second kappa shape index (κ2) is 13.6. The lowest BCUT2D eigenvalue weighted by molar-refractivity contribution is 0.501. The summed E-state index contributed by atoms with van der Waals surface area (Å²) in [6.45, 7) is 11.0. The standard InChI is InChI=1S/C12H11O2P.C10H10.C8H8/c13-15(14,11-7-3-1-4-8-11)12-9-5-2-6-10-12;1-3-9-7-5-6-8-10(9)4-2;1-2-8-6-4-3-5-7-8/h1-10H,(H,13,14);3-8H,1-2H2;2-7H,1H2. The second-order valence-electron chi connectivity index (χ2n) is 6.90. The molecule has 4 aromatic carbocycles.